The molecule has 1 aliphatic rings. The van der Waals surface area contributed by atoms with E-state index in [1.807, 2.05) is 24.3 Å². The number of hydrogen-bond acceptors (Lipinski definition) is 3. The number of carbonyl (C=O) groups is 2. The monoisotopic (exact) mass is 345 g/mol. The SMILES string of the molecule is CC(CNC(=O)C(=O)Nc1ccc(C(C)C)cc1)CN1CCCCC1. The zero-order valence-electron chi connectivity index (χ0n) is 15.7. The van der Waals surface area contributed by atoms with Crippen LogP contribution >= 0.6 is 0 Å². The molecule has 2 amide bonds. The summed E-state index contributed by atoms with van der Waals surface area (Å²) < 4.78 is 0. The highest BCUT2D eigenvalue weighted by molar-refractivity contribution is 6.39. The van der Waals surface area contributed by atoms with Crippen LogP contribution in [0.15, 0.2) is 24.3 Å². The Bertz CT molecular complexity index is 563. The van der Waals surface area contributed by atoms with Gasteiger partial charge in [0.05, 0.1) is 0 Å². The van der Waals surface area contributed by atoms with Gasteiger partial charge in [0.15, 0.2) is 0 Å². The van der Waals surface area contributed by atoms with Crippen molar-refractivity contribution in [3.05, 3.63) is 29.8 Å². The van der Waals surface area contributed by atoms with E-state index in [2.05, 4.69) is 36.3 Å². The molecule has 0 bridgehead atoms. The highest BCUT2D eigenvalue weighted by Crippen LogP contribution is 2.17. The van der Waals surface area contributed by atoms with E-state index in [-0.39, 0.29) is 0 Å². The molecular formula is C20H31N3O2. The molecule has 1 saturated heterocycles. The Balaban J connectivity index is 1.73. The van der Waals surface area contributed by atoms with Gasteiger partial charge in [0.1, 0.15) is 0 Å². The van der Waals surface area contributed by atoms with Gasteiger partial charge in [-0.05, 0) is 55.5 Å². The number of piperidine rings is 1. The highest BCUT2D eigenvalue weighted by Gasteiger charge is 2.17. The topological polar surface area (TPSA) is 61.4 Å². The molecule has 25 heavy (non-hydrogen) atoms. The first-order valence-electron chi connectivity index (χ1n) is 9.37. The number of likely N-dealkylation sites (tertiary alicyclic amines) is 1. The lowest BCUT2D eigenvalue weighted by Crippen LogP contribution is -2.41. The van der Waals surface area contributed by atoms with E-state index in [1.165, 1.54) is 24.8 Å². The Morgan fingerprint density at radius 3 is 2.24 bits per heavy atom. The van der Waals surface area contributed by atoms with Gasteiger partial charge in [-0.2, -0.15) is 0 Å². The average Bonchev–Trinajstić information content (AvgIpc) is 2.61. The van der Waals surface area contributed by atoms with E-state index in [9.17, 15) is 9.59 Å². The molecule has 138 valence electrons. The van der Waals surface area contributed by atoms with Gasteiger partial charge in [0, 0.05) is 18.8 Å². The van der Waals surface area contributed by atoms with Gasteiger partial charge in [-0.15, -0.1) is 0 Å². The summed E-state index contributed by atoms with van der Waals surface area (Å²) in [5.74, 6) is -0.407. The van der Waals surface area contributed by atoms with Crippen molar-refractivity contribution in [3.63, 3.8) is 0 Å². The van der Waals surface area contributed by atoms with Gasteiger partial charge in [0.2, 0.25) is 0 Å². The van der Waals surface area contributed by atoms with E-state index in [0.717, 1.165) is 19.6 Å². The molecule has 1 unspecified atom stereocenters. The third kappa shape index (κ3) is 6.50. The molecule has 1 aromatic carbocycles. The number of nitrogens with one attached hydrogen (secondary N) is 2. The van der Waals surface area contributed by atoms with Crippen LogP contribution in [0.4, 0.5) is 5.69 Å². The molecule has 2 N–H and O–H groups in total. The van der Waals surface area contributed by atoms with Crippen LogP contribution in [0.25, 0.3) is 0 Å². The van der Waals surface area contributed by atoms with E-state index in [1.54, 1.807) is 0 Å². The largest absolute Gasteiger partial charge is 0.348 e. The summed E-state index contributed by atoms with van der Waals surface area (Å²) in [4.78, 5) is 26.4. The Kier molecular flexibility index (Phi) is 7.44. The van der Waals surface area contributed by atoms with Crippen molar-refractivity contribution >= 4 is 17.5 Å². The lowest BCUT2D eigenvalue weighted by atomic mass is 10.0. The Hall–Kier alpha value is -1.88. The zero-order chi connectivity index (χ0) is 18.2. The fourth-order valence-electron chi connectivity index (χ4n) is 3.13. The van der Waals surface area contributed by atoms with Gasteiger partial charge < -0.3 is 15.5 Å². The molecule has 1 atom stereocenters. The van der Waals surface area contributed by atoms with Crippen LogP contribution < -0.4 is 10.6 Å². The van der Waals surface area contributed by atoms with Crippen molar-refractivity contribution in [2.45, 2.75) is 46.0 Å². The van der Waals surface area contributed by atoms with Crippen LogP contribution in [0.1, 0.15) is 51.5 Å². The molecule has 5 nitrogen and oxygen atoms in total. The minimum atomic E-state index is -0.609. The van der Waals surface area contributed by atoms with Crippen molar-refractivity contribution in [1.29, 1.82) is 0 Å². The number of hydrogen-bond donors (Lipinski definition) is 2. The summed E-state index contributed by atoms with van der Waals surface area (Å²) in [6.45, 7) is 10.1. The molecule has 0 aliphatic carbocycles. The van der Waals surface area contributed by atoms with Crippen LogP contribution in [-0.4, -0.2) is 42.9 Å². The van der Waals surface area contributed by atoms with Crippen molar-refractivity contribution in [1.82, 2.24) is 10.2 Å². The zero-order valence-corrected chi connectivity index (χ0v) is 15.7. The van der Waals surface area contributed by atoms with Gasteiger partial charge >= 0.3 is 11.8 Å². The third-order valence-corrected chi connectivity index (χ3v) is 4.67. The maximum atomic E-state index is 12.0. The molecule has 1 fully saturated rings. The van der Waals surface area contributed by atoms with Crippen molar-refractivity contribution in [2.24, 2.45) is 5.92 Å². The number of carbonyl (C=O) groups excluding carboxylic acids is 2. The first-order valence-corrected chi connectivity index (χ1v) is 9.37. The lowest BCUT2D eigenvalue weighted by molar-refractivity contribution is -0.136. The maximum absolute atomic E-state index is 12.0. The normalized spacial score (nSPS) is 16.5. The molecule has 0 aromatic heterocycles. The van der Waals surface area contributed by atoms with Gasteiger partial charge in [-0.3, -0.25) is 9.59 Å². The smallest absolute Gasteiger partial charge is 0.313 e. The van der Waals surface area contributed by atoms with Gasteiger partial charge in [0.25, 0.3) is 0 Å². The van der Waals surface area contributed by atoms with Crippen LogP contribution in [0.3, 0.4) is 0 Å². The molecule has 1 aromatic rings. The van der Waals surface area contributed by atoms with Gasteiger partial charge in [-0.25, -0.2) is 0 Å². The summed E-state index contributed by atoms with van der Waals surface area (Å²) >= 11 is 0. The van der Waals surface area contributed by atoms with E-state index in [0.29, 0.717) is 24.1 Å². The number of nitrogens with zero attached hydrogens (tertiary/aromatic N) is 1. The second-order valence-corrected chi connectivity index (χ2v) is 7.41. The summed E-state index contributed by atoms with van der Waals surface area (Å²) in [6.07, 6.45) is 3.84. The van der Waals surface area contributed by atoms with Crippen molar-refractivity contribution < 1.29 is 9.59 Å². The fraction of sp³-hybridized carbons (Fsp3) is 0.600. The Morgan fingerprint density at radius 2 is 1.64 bits per heavy atom. The van der Waals surface area contributed by atoms with Crippen LogP contribution in [0.2, 0.25) is 0 Å². The maximum Gasteiger partial charge on any atom is 0.313 e. The van der Waals surface area contributed by atoms with E-state index < -0.39 is 11.8 Å². The van der Waals surface area contributed by atoms with Crippen LogP contribution in [0.5, 0.6) is 0 Å². The highest BCUT2D eigenvalue weighted by atomic mass is 16.2. The standard InChI is InChI=1S/C20H31N3O2/c1-15(2)17-7-9-18(10-8-17)22-20(25)19(24)21-13-16(3)14-23-11-5-4-6-12-23/h7-10,15-16H,4-6,11-14H2,1-3H3,(H,21,24)(H,22,25). The first kappa shape index (κ1) is 19.4. The summed E-state index contributed by atoms with van der Waals surface area (Å²) in [6, 6.07) is 7.61. The summed E-state index contributed by atoms with van der Waals surface area (Å²) in [5, 5.41) is 5.40. The molecule has 1 aliphatic heterocycles. The number of rotatable bonds is 6. The lowest BCUT2D eigenvalue weighted by Gasteiger charge is -2.29. The molecule has 0 spiro atoms. The predicted molar refractivity (Wildman–Crippen MR) is 102 cm³/mol. The summed E-state index contributed by atoms with van der Waals surface area (Å²) in [5.41, 5.74) is 1.85. The third-order valence-electron chi connectivity index (χ3n) is 4.67. The Morgan fingerprint density at radius 1 is 1.00 bits per heavy atom. The molecule has 0 radical (unpaired) electrons. The predicted octanol–water partition coefficient (Wildman–Crippen LogP) is 2.99. The quantitative estimate of drug-likeness (QED) is 0.779. The van der Waals surface area contributed by atoms with Crippen molar-refractivity contribution in [3.8, 4) is 0 Å². The molecule has 1 heterocycles. The number of amides is 2. The van der Waals surface area contributed by atoms with Crippen molar-refractivity contribution in [2.75, 3.05) is 31.5 Å². The van der Waals surface area contributed by atoms with Crippen LogP contribution in [-0.2, 0) is 9.59 Å². The second-order valence-electron chi connectivity index (χ2n) is 7.41. The minimum Gasteiger partial charge on any atom is -0.348 e. The fourth-order valence-corrected chi connectivity index (χ4v) is 3.13. The Labute approximate surface area is 151 Å². The van der Waals surface area contributed by atoms with Gasteiger partial charge in [-0.1, -0.05) is 39.3 Å². The molecule has 5 heteroatoms. The van der Waals surface area contributed by atoms with E-state index in [4.69, 9.17) is 0 Å². The average molecular weight is 345 g/mol. The van der Waals surface area contributed by atoms with Crippen LogP contribution in [0, 0.1) is 5.92 Å². The second kappa shape index (κ2) is 9.56. The minimum absolute atomic E-state index is 0.333. The summed E-state index contributed by atoms with van der Waals surface area (Å²) in [7, 11) is 0. The first-order chi connectivity index (χ1) is 12.0. The molecule has 0 saturated carbocycles. The number of benzene rings is 1. The van der Waals surface area contributed by atoms with E-state index >= 15 is 0 Å². The molecule has 2 rings (SSSR count). The number of anilines is 1. The molecular weight excluding hydrogens is 314 g/mol.